The maximum absolute atomic E-state index is 13.7. The largest absolute Gasteiger partial charge is 0.312 e. The highest BCUT2D eigenvalue weighted by Gasteiger charge is 2.33. The van der Waals surface area contributed by atoms with Gasteiger partial charge in [-0.15, -0.1) is 0 Å². The lowest BCUT2D eigenvalue weighted by Crippen LogP contribution is -2.46. The molecule has 39 heavy (non-hydrogen) atoms. The van der Waals surface area contributed by atoms with Gasteiger partial charge >= 0.3 is 0 Å². The Bertz CT molecular complexity index is 1520. The molecule has 0 saturated heterocycles. The number of carbonyl (C=O) groups is 2. The second-order valence-electron chi connectivity index (χ2n) is 8.81. The van der Waals surface area contributed by atoms with Gasteiger partial charge in [-0.2, -0.15) is 5.10 Å². The third-order valence-electron chi connectivity index (χ3n) is 5.94. The lowest BCUT2D eigenvalue weighted by Gasteiger charge is -2.25. The number of hydrogen-bond donors (Lipinski definition) is 1. The molecule has 0 aliphatic carbocycles. The van der Waals surface area contributed by atoms with Crippen molar-refractivity contribution in [2.75, 3.05) is 11.4 Å². The number of benzene rings is 2. The van der Waals surface area contributed by atoms with Gasteiger partial charge in [0.2, 0.25) is 11.8 Å². The molecule has 0 bridgehead atoms. The number of pyridine rings is 1. The summed E-state index contributed by atoms with van der Waals surface area (Å²) in [5.41, 5.74) is 2.83. The summed E-state index contributed by atoms with van der Waals surface area (Å²) in [6.45, 7) is 2.56. The summed E-state index contributed by atoms with van der Waals surface area (Å²) >= 11 is 0. The number of para-hydroxylation sites is 1. The molecule has 0 aliphatic rings. The number of rotatable bonds is 11. The molecule has 10 heteroatoms. The van der Waals surface area contributed by atoms with Crippen LogP contribution in [0.4, 0.5) is 5.69 Å². The first-order valence-electron chi connectivity index (χ1n) is 12.4. The number of hydrogen-bond acceptors (Lipinski definition) is 6. The fourth-order valence-corrected chi connectivity index (χ4v) is 4.87. The first-order valence-corrected chi connectivity index (χ1v) is 14.0. The molecule has 2 heterocycles. The fraction of sp³-hybridized carbons (Fsp3) is 0.172. The van der Waals surface area contributed by atoms with Crippen LogP contribution in [0.1, 0.15) is 23.6 Å². The van der Waals surface area contributed by atoms with E-state index in [9.17, 15) is 18.0 Å². The van der Waals surface area contributed by atoms with Gasteiger partial charge in [-0.25, -0.2) is 13.1 Å². The number of sulfonamides is 1. The van der Waals surface area contributed by atoms with Crippen LogP contribution in [0.2, 0.25) is 0 Å². The molecule has 2 aromatic heterocycles. The molecule has 9 nitrogen and oxygen atoms in total. The predicted octanol–water partition coefficient (Wildman–Crippen LogP) is 3.66. The zero-order valence-electron chi connectivity index (χ0n) is 21.4. The van der Waals surface area contributed by atoms with Gasteiger partial charge in [0.25, 0.3) is 10.0 Å². The molecule has 2 amide bonds. The monoisotopic (exact) mass is 543 g/mol. The van der Waals surface area contributed by atoms with Gasteiger partial charge in [0, 0.05) is 30.8 Å². The van der Waals surface area contributed by atoms with Gasteiger partial charge in [0.15, 0.2) is 0 Å². The van der Waals surface area contributed by atoms with E-state index in [1.807, 2.05) is 24.3 Å². The van der Waals surface area contributed by atoms with Crippen LogP contribution in [-0.2, 0) is 32.6 Å². The van der Waals surface area contributed by atoms with Crippen LogP contribution in [0.3, 0.4) is 0 Å². The summed E-state index contributed by atoms with van der Waals surface area (Å²) in [5, 5.41) is 5.27. The van der Waals surface area contributed by atoms with E-state index in [-0.39, 0.29) is 6.42 Å². The minimum atomic E-state index is -4.16. The van der Waals surface area contributed by atoms with E-state index in [0.29, 0.717) is 29.9 Å². The molecule has 4 rings (SSSR count). The topological polar surface area (TPSA) is 114 Å². The van der Waals surface area contributed by atoms with Gasteiger partial charge in [-0.3, -0.25) is 19.3 Å². The number of nitrogens with zero attached hydrogens (tertiary/aromatic N) is 4. The standard InChI is InChI=1S/C29H29N5O4S/c1-2-34(26-13-7-4-8-14-26)29(36)27(18-25-20-31-33(22-25)21-24-12-9-16-30-19-24)28(35)32-39(37,38)17-15-23-10-5-3-6-11-23/h3-17,19-20,22,27H,2,18,21H2,1H3,(H,32,35)/b17-15+. The Morgan fingerprint density at radius 1 is 0.974 bits per heavy atom. The van der Waals surface area contributed by atoms with Crippen LogP contribution in [0, 0.1) is 5.92 Å². The van der Waals surface area contributed by atoms with Crippen LogP contribution in [0.5, 0.6) is 0 Å². The average Bonchev–Trinajstić information content (AvgIpc) is 3.39. The van der Waals surface area contributed by atoms with E-state index in [2.05, 4.69) is 14.8 Å². The van der Waals surface area contributed by atoms with E-state index in [4.69, 9.17) is 0 Å². The molecular formula is C29H29N5O4S. The lowest BCUT2D eigenvalue weighted by molar-refractivity contribution is -0.132. The second kappa shape index (κ2) is 12.8. The minimum absolute atomic E-state index is 0.0288. The van der Waals surface area contributed by atoms with E-state index in [1.54, 1.807) is 84.9 Å². The molecule has 0 aliphatic heterocycles. The number of nitrogens with one attached hydrogen (secondary N) is 1. The summed E-state index contributed by atoms with van der Waals surface area (Å²) in [6.07, 6.45) is 8.09. The highest BCUT2D eigenvalue weighted by molar-refractivity contribution is 7.93. The molecule has 4 aromatic rings. The number of carbonyl (C=O) groups excluding carboxylic acids is 2. The van der Waals surface area contributed by atoms with E-state index >= 15 is 0 Å². The molecule has 0 radical (unpaired) electrons. The Kier molecular flexibility index (Phi) is 9.01. The van der Waals surface area contributed by atoms with Crippen molar-refractivity contribution in [3.8, 4) is 0 Å². The molecule has 1 N–H and O–H groups in total. The molecular weight excluding hydrogens is 514 g/mol. The van der Waals surface area contributed by atoms with Crippen molar-refractivity contribution in [3.63, 3.8) is 0 Å². The van der Waals surface area contributed by atoms with Gasteiger partial charge in [0.1, 0.15) is 5.92 Å². The van der Waals surface area contributed by atoms with Crippen LogP contribution in [0.25, 0.3) is 6.08 Å². The summed E-state index contributed by atoms with van der Waals surface area (Å²) in [6, 6.07) is 21.5. The fourth-order valence-electron chi connectivity index (χ4n) is 4.04. The minimum Gasteiger partial charge on any atom is -0.312 e. The Morgan fingerprint density at radius 3 is 2.36 bits per heavy atom. The van der Waals surface area contributed by atoms with E-state index < -0.39 is 27.8 Å². The molecule has 0 fully saturated rings. The van der Waals surface area contributed by atoms with Gasteiger partial charge in [-0.05, 0) is 54.3 Å². The van der Waals surface area contributed by atoms with Crippen LogP contribution in [0.15, 0.2) is 103 Å². The summed E-state index contributed by atoms with van der Waals surface area (Å²) in [4.78, 5) is 32.6. The number of aromatic nitrogens is 3. The zero-order chi connectivity index (χ0) is 27.7. The third kappa shape index (κ3) is 7.71. The second-order valence-corrected chi connectivity index (χ2v) is 10.4. The van der Waals surface area contributed by atoms with E-state index in [0.717, 1.165) is 11.0 Å². The first-order chi connectivity index (χ1) is 18.8. The van der Waals surface area contributed by atoms with Crippen LogP contribution in [-0.4, -0.2) is 41.5 Å². The predicted molar refractivity (Wildman–Crippen MR) is 150 cm³/mol. The summed E-state index contributed by atoms with van der Waals surface area (Å²) in [5.74, 6) is -2.73. The summed E-state index contributed by atoms with van der Waals surface area (Å²) in [7, 11) is -4.16. The maximum atomic E-state index is 13.7. The van der Waals surface area contributed by atoms with Crippen molar-refractivity contribution < 1.29 is 18.0 Å². The molecule has 200 valence electrons. The molecule has 1 unspecified atom stereocenters. The lowest BCUT2D eigenvalue weighted by atomic mass is 9.99. The highest BCUT2D eigenvalue weighted by atomic mass is 32.2. The SMILES string of the molecule is CCN(C(=O)C(Cc1cnn(Cc2cccnc2)c1)C(=O)NS(=O)(=O)/C=C/c1ccccc1)c1ccccc1. The number of anilines is 1. The van der Waals surface area contributed by atoms with Crippen molar-refractivity contribution >= 4 is 33.6 Å². The van der Waals surface area contributed by atoms with Crippen LogP contribution < -0.4 is 9.62 Å². The Balaban J connectivity index is 1.57. The van der Waals surface area contributed by atoms with Gasteiger partial charge < -0.3 is 4.90 Å². The third-order valence-corrected chi connectivity index (χ3v) is 6.92. The van der Waals surface area contributed by atoms with Gasteiger partial charge in [-0.1, -0.05) is 54.6 Å². The van der Waals surface area contributed by atoms with Crippen molar-refractivity contribution in [2.24, 2.45) is 5.92 Å². The Labute approximate surface area is 227 Å². The van der Waals surface area contributed by atoms with Crippen molar-refractivity contribution in [1.82, 2.24) is 19.5 Å². The number of amides is 2. The molecule has 0 saturated carbocycles. The normalized spacial score (nSPS) is 12.2. The highest BCUT2D eigenvalue weighted by Crippen LogP contribution is 2.20. The molecule has 0 spiro atoms. The first kappa shape index (κ1) is 27.5. The van der Waals surface area contributed by atoms with Crippen molar-refractivity contribution in [3.05, 3.63) is 120 Å². The smallest absolute Gasteiger partial charge is 0.257 e. The van der Waals surface area contributed by atoms with Gasteiger partial charge in [0.05, 0.1) is 18.1 Å². The molecule has 2 aromatic carbocycles. The summed E-state index contributed by atoms with van der Waals surface area (Å²) < 4.78 is 29.2. The Morgan fingerprint density at radius 2 is 1.69 bits per heavy atom. The maximum Gasteiger partial charge on any atom is 0.257 e. The van der Waals surface area contributed by atoms with Crippen molar-refractivity contribution in [2.45, 2.75) is 19.9 Å². The zero-order valence-corrected chi connectivity index (χ0v) is 22.2. The quantitative estimate of drug-likeness (QED) is 0.289. The van der Waals surface area contributed by atoms with Crippen LogP contribution >= 0.6 is 0 Å². The average molecular weight is 544 g/mol. The molecule has 1 atom stereocenters. The van der Waals surface area contributed by atoms with Crippen molar-refractivity contribution in [1.29, 1.82) is 0 Å². The Hall–Kier alpha value is -4.57. The van der Waals surface area contributed by atoms with E-state index in [1.165, 1.54) is 11.0 Å².